The van der Waals surface area contributed by atoms with E-state index in [2.05, 4.69) is 15.3 Å². The van der Waals surface area contributed by atoms with E-state index in [1.165, 1.54) is 6.07 Å². The number of benzene rings is 2. The Morgan fingerprint density at radius 1 is 1.10 bits per heavy atom. The first-order chi connectivity index (χ1) is 10.3. The molecule has 0 saturated heterocycles. The molecule has 0 saturated carbocycles. The maximum atomic E-state index is 13.3. The summed E-state index contributed by atoms with van der Waals surface area (Å²) in [5.41, 5.74) is 3.54. The highest BCUT2D eigenvalue weighted by molar-refractivity contribution is 5.73. The van der Waals surface area contributed by atoms with Gasteiger partial charge in [-0.15, -0.1) is 0 Å². The molecular formula is C17H16FN3. The van der Waals surface area contributed by atoms with Crippen LogP contribution < -0.4 is 5.32 Å². The van der Waals surface area contributed by atoms with Crippen molar-refractivity contribution in [3.8, 4) is 0 Å². The zero-order valence-corrected chi connectivity index (χ0v) is 11.8. The number of para-hydroxylation sites is 2. The number of nitrogens with zero attached hydrogens (tertiary/aromatic N) is 2. The van der Waals surface area contributed by atoms with Crippen LogP contribution in [0.4, 0.5) is 4.39 Å². The molecule has 0 aliphatic heterocycles. The van der Waals surface area contributed by atoms with Gasteiger partial charge in [0.25, 0.3) is 0 Å². The van der Waals surface area contributed by atoms with Gasteiger partial charge in [-0.25, -0.2) is 9.37 Å². The van der Waals surface area contributed by atoms with Crippen LogP contribution in [0.5, 0.6) is 0 Å². The second-order valence-corrected chi connectivity index (χ2v) is 4.96. The second-order valence-electron chi connectivity index (χ2n) is 4.96. The van der Waals surface area contributed by atoms with Crippen molar-refractivity contribution in [2.75, 3.05) is 7.05 Å². The van der Waals surface area contributed by atoms with Crippen molar-refractivity contribution in [2.45, 2.75) is 12.5 Å². The molecule has 1 N–H and O–H groups in total. The Labute approximate surface area is 122 Å². The molecule has 1 unspecified atom stereocenters. The van der Waals surface area contributed by atoms with Crippen molar-refractivity contribution in [1.82, 2.24) is 15.3 Å². The van der Waals surface area contributed by atoms with Crippen molar-refractivity contribution in [3.63, 3.8) is 0 Å². The zero-order valence-electron chi connectivity index (χ0n) is 11.8. The fourth-order valence-electron chi connectivity index (χ4n) is 2.39. The molecule has 1 atom stereocenters. The fourth-order valence-corrected chi connectivity index (χ4v) is 2.39. The van der Waals surface area contributed by atoms with Crippen LogP contribution in [-0.4, -0.2) is 17.0 Å². The third-order valence-corrected chi connectivity index (χ3v) is 3.50. The maximum absolute atomic E-state index is 13.3. The monoisotopic (exact) mass is 281 g/mol. The van der Waals surface area contributed by atoms with Crippen molar-refractivity contribution >= 4 is 11.0 Å². The summed E-state index contributed by atoms with van der Waals surface area (Å²) in [4.78, 5) is 9.08. The first kappa shape index (κ1) is 13.6. The number of rotatable bonds is 4. The summed E-state index contributed by atoms with van der Waals surface area (Å²) in [6.45, 7) is 0. The minimum atomic E-state index is -0.216. The van der Waals surface area contributed by atoms with Crippen LogP contribution in [0.1, 0.15) is 17.3 Å². The highest BCUT2D eigenvalue weighted by atomic mass is 19.1. The van der Waals surface area contributed by atoms with Crippen LogP contribution in [0.15, 0.2) is 54.7 Å². The lowest BCUT2D eigenvalue weighted by Crippen LogP contribution is -2.20. The van der Waals surface area contributed by atoms with Crippen LogP contribution in [0, 0.1) is 5.82 Å². The highest BCUT2D eigenvalue weighted by Gasteiger charge is 2.13. The van der Waals surface area contributed by atoms with E-state index in [1.807, 2.05) is 37.4 Å². The van der Waals surface area contributed by atoms with E-state index in [1.54, 1.807) is 18.3 Å². The highest BCUT2D eigenvalue weighted by Crippen LogP contribution is 2.18. The van der Waals surface area contributed by atoms with Gasteiger partial charge in [-0.05, 0) is 43.3 Å². The van der Waals surface area contributed by atoms with Crippen LogP contribution in [-0.2, 0) is 6.42 Å². The first-order valence-electron chi connectivity index (χ1n) is 6.89. The minimum Gasteiger partial charge on any atom is -0.311 e. The van der Waals surface area contributed by atoms with E-state index in [0.29, 0.717) is 6.42 Å². The van der Waals surface area contributed by atoms with Crippen LogP contribution in [0.3, 0.4) is 0 Å². The molecule has 0 fully saturated rings. The van der Waals surface area contributed by atoms with E-state index in [4.69, 9.17) is 0 Å². The van der Waals surface area contributed by atoms with Crippen molar-refractivity contribution in [2.24, 2.45) is 0 Å². The Morgan fingerprint density at radius 2 is 1.90 bits per heavy atom. The number of aromatic nitrogens is 2. The lowest BCUT2D eigenvalue weighted by molar-refractivity contribution is 0.570. The Balaban J connectivity index is 1.90. The third kappa shape index (κ3) is 3.06. The molecule has 21 heavy (non-hydrogen) atoms. The average Bonchev–Trinajstić information content (AvgIpc) is 2.52. The molecule has 3 rings (SSSR count). The van der Waals surface area contributed by atoms with Gasteiger partial charge in [0.2, 0.25) is 0 Å². The van der Waals surface area contributed by atoms with E-state index in [-0.39, 0.29) is 11.9 Å². The average molecular weight is 281 g/mol. The van der Waals surface area contributed by atoms with Gasteiger partial charge in [0.1, 0.15) is 5.82 Å². The van der Waals surface area contributed by atoms with Crippen molar-refractivity contribution in [1.29, 1.82) is 0 Å². The largest absolute Gasteiger partial charge is 0.311 e. The summed E-state index contributed by atoms with van der Waals surface area (Å²) in [5.74, 6) is -0.216. The van der Waals surface area contributed by atoms with Crippen LogP contribution in [0.25, 0.3) is 11.0 Å². The predicted octanol–water partition coefficient (Wildman–Crippen LogP) is 3.27. The van der Waals surface area contributed by atoms with E-state index >= 15 is 0 Å². The van der Waals surface area contributed by atoms with Gasteiger partial charge >= 0.3 is 0 Å². The molecule has 106 valence electrons. The summed E-state index contributed by atoms with van der Waals surface area (Å²) in [7, 11) is 1.88. The standard InChI is InChI=1S/C17H16FN3/c1-19-16(10-12-5-4-6-13(18)9-12)17-11-20-14-7-2-3-8-15(14)21-17/h2-9,11,16,19H,10H2,1H3. The molecule has 1 heterocycles. The molecule has 0 aliphatic rings. The van der Waals surface area contributed by atoms with Crippen LogP contribution >= 0.6 is 0 Å². The summed E-state index contributed by atoms with van der Waals surface area (Å²) >= 11 is 0. The summed E-state index contributed by atoms with van der Waals surface area (Å²) in [5, 5.41) is 3.23. The SMILES string of the molecule is CNC(Cc1cccc(F)c1)c1cnc2ccccc2n1. The number of fused-ring (bicyclic) bond motifs is 1. The number of nitrogens with one attached hydrogen (secondary N) is 1. The minimum absolute atomic E-state index is 0.00362. The Hall–Kier alpha value is -2.33. The smallest absolute Gasteiger partial charge is 0.123 e. The predicted molar refractivity (Wildman–Crippen MR) is 81.4 cm³/mol. The fraction of sp³-hybridized carbons (Fsp3) is 0.176. The molecule has 0 amide bonds. The molecule has 4 heteroatoms. The lowest BCUT2D eigenvalue weighted by atomic mass is 10.0. The molecule has 0 bridgehead atoms. The zero-order chi connectivity index (χ0) is 14.7. The molecule has 3 nitrogen and oxygen atoms in total. The van der Waals surface area contributed by atoms with Crippen molar-refractivity contribution in [3.05, 3.63) is 71.8 Å². The second kappa shape index (κ2) is 5.97. The topological polar surface area (TPSA) is 37.8 Å². The lowest BCUT2D eigenvalue weighted by Gasteiger charge is -2.16. The quantitative estimate of drug-likeness (QED) is 0.797. The Bertz CT molecular complexity index is 758. The summed E-state index contributed by atoms with van der Waals surface area (Å²) in [6.07, 6.45) is 2.45. The molecule has 1 aromatic heterocycles. The van der Waals surface area contributed by atoms with Gasteiger partial charge < -0.3 is 5.32 Å². The number of hydrogen-bond donors (Lipinski definition) is 1. The molecule has 2 aromatic carbocycles. The number of hydrogen-bond acceptors (Lipinski definition) is 3. The Morgan fingerprint density at radius 3 is 2.67 bits per heavy atom. The van der Waals surface area contributed by atoms with Crippen molar-refractivity contribution < 1.29 is 4.39 Å². The van der Waals surface area contributed by atoms with E-state index in [0.717, 1.165) is 22.3 Å². The van der Waals surface area contributed by atoms with Gasteiger partial charge in [0.15, 0.2) is 0 Å². The maximum Gasteiger partial charge on any atom is 0.123 e. The normalized spacial score (nSPS) is 12.5. The molecule has 0 radical (unpaired) electrons. The van der Waals surface area contributed by atoms with Gasteiger partial charge in [-0.2, -0.15) is 0 Å². The van der Waals surface area contributed by atoms with Gasteiger partial charge in [-0.1, -0.05) is 24.3 Å². The van der Waals surface area contributed by atoms with Gasteiger partial charge in [-0.3, -0.25) is 4.98 Å². The molecule has 3 aromatic rings. The van der Waals surface area contributed by atoms with Crippen LogP contribution in [0.2, 0.25) is 0 Å². The first-order valence-corrected chi connectivity index (χ1v) is 6.89. The van der Waals surface area contributed by atoms with E-state index in [9.17, 15) is 4.39 Å². The number of likely N-dealkylation sites (N-methyl/N-ethyl adjacent to an activating group) is 1. The molecule has 0 aliphatic carbocycles. The number of halogens is 1. The summed E-state index contributed by atoms with van der Waals surface area (Å²) < 4.78 is 13.3. The Kier molecular flexibility index (Phi) is 3.88. The van der Waals surface area contributed by atoms with E-state index < -0.39 is 0 Å². The molecule has 0 spiro atoms. The molecular weight excluding hydrogens is 265 g/mol. The van der Waals surface area contributed by atoms with Gasteiger partial charge in [0, 0.05) is 0 Å². The third-order valence-electron chi connectivity index (χ3n) is 3.50. The summed E-state index contributed by atoms with van der Waals surface area (Å²) in [6, 6.07) is 14.4. The van der Waals surface area contributed by atoms with Gasteiger partial charge in [0.05, 0.1) is 29.0 Å².